The lowest BCUT2D eigenvalue weighted by Crippen LogP contribution is -2.25. The zero-order valence-electron chi connectivity index (χ0n) is 11.3. The number of allylic oxidation sites excluding steroid dienone is 3. The van der Waals surface area contributed by atoms with E-state index in [0.29, 0.717) is 5.92 Å². The molecule has 0 amide bonds. The van der Waals surface area contributed by atoms with Gasteiger partial charge in [-0.2, -0.15) is 0 Å². The van der Waals surface area contributed by atoms with Crippen molar-refractivity contribution < 1.29 is 4.43 Å². The normalized spacial score (nSPS) is 25.9. The summed E-state index contributed by atoms with van der Waals surface area (Å²) in [5.74, 6) is 1.74. The van der Waals surface area contributed by atoms with Crippen molar-refractivity contribution in [1.29, 1.82) is 0 Å². The molecule has 2 heteroatoms. The quantitative estimate of drug-likeness (QED) is 0.295. The Morgan fingerprint density at radius 3 is 2.56 bits per heavy atom. The van der Waals surface area contributed by atoms with Crippen molar-refractivity contribution in [2.24, 2.45) is 5.92 Å². The van der Waals surface area contributed by atoms with Gasteiger partial charge in [-0.3, -0.25) is 0 Å². The molecule has 1 unspecified atom stereocenters. The maximum absolute atomic E-state index is 6.14. The van der Waals surface area contributed by atoms with Crippen LogP contribution in [0.3, 0.4) is 0 Å². The molecule has 1 nitrogen and oxygen atoms in total. The van der Waals surface area contributed by atoms with Gasteiger partial charge >= 0.3 is 0 Å². The minimum atomic E-state index is -1.46. The lowest BCUT2D eigenvalue weighted by Gasteiger charge is -2.24. The van der Waals surface area contributed by atoms with Crippen LogP contribution >= 0.6 is 0 Å². The van der Waals surface area contributed by atoms with Gasteiger partial charge < -0.3 is 4.43 Å². The van der Waals surface area contributed by atoms with Crippen molar-refractivity contribution in [2.45, 2.75) is 58.7 Å². The molecule has 0 radical (unpaired) electrons. The first-order valence-corrected chi connectivity index (χ1v) is 9.86. The van der Waals surface area contributed by atoms with Gasteiger partial charge in [-0.1, -0.05) is 18.9 Å². The maximum atomic E-state index is 6.14. The smallest absolute Gasteiger partial charge is 0.241 e. The van der Waals surface area contributed by atoms with Crippen molar-refractivity contribution in [3.8, 4) is 0 Å². The third-order valence-corrected chi connectivity index (χ3v) is 4.02. The fourth-order valence-electron chi connectivity index (χ4n) is 2.44. The summed E-state index contributed by atoms with van der Waals surface area (Å²) in [6, 6.07) is 0. The lowest BCUT2D eigenvalue weighted by molar-refractivity contribution is 0.406. The Morgan fingerprint density at radius 1 is 1.31 bits per heavy atom. The van der Waals surface area contributed by atoms with Gasteiger partial charge in [0.1, 0.15) is 0 Å². The average molecular weight is 238 g/mol. The zero-order chi connectivity index (χ0) is 12.2. The minimum absolute atomic E-state index is 0.554. The molecule has 0 heterocycles. The van der Waals surface area contributed by atoms with Crippen LogP contribution in [0, 0.1) is 5.92 Å². The monoisotopic (exact) mass is 238 g/mol. The number of hydrogen-bond acceptors (Lipinski definition) is 1. The summed E-state index contributed by atoms with van der Waals surface area (Å²) in [7, 11) is -1.46. The molecule has 0 spiro atoms. The van der Waals surface area contributed by atoms with Crippen LogP contribution in [0.2, 0.25) is 19.6 Å². The van der Waals surface area contributed by atoms with E-state index in [1.165, 1.54) is 43.4 Å². The van der Waals surface area contributed by atoms with Crippen molar-refractivity contribution in [2.75, 3.05) is 0 Å². The summed E-state index contributed by atoms with van der Waals surface area (Å²) in [4.78, 5) is 0. The van der Waals surface area contributed by atoms with Crippen LogP contribution in [0.5, 0.6) is 0 Å². The van der Waals surface area contributed by atoms with E-state index in [1.807, 2.05) is 0 Å². The highest BCUT2D eigenvalue weighted by Crippen LogP contribution is 2.32. The molecule has 1 saturated carbocycles. The Balaban J connectivity index is 2.86. The molecule has 1 aliphatic carbocycles. The number of hydrogen-bond donors (Lipinski definition) is 0. The summed E-state index contributed by atoms with van der Waals surface area (Å²) in [5, 5.41) is 0. The Kier molecular flexibility index (Phi) is 4.84. The first kappa shape index (κ1) is 13.6. The average Bonchev–Trinajstić information content (AvgIpc) is 2.39. The molecular formula is C14H26OSi. The summed E-state index contributed by atoms with van der Waals surface area (Å²) >= 11 is 0. The van der Waals surface area contributed by atoms with E-state index < -0.39 is 8.32 Å². The van der Waals surface area contributed by atoms with Crippen molar-refractivity contribution >= 4 is 8.32 Å². The molecule has 1 aliphatic rings. The van der Waals surface area contributed by atoms with Crippen LogP contribution in [0.1, 0.15) is 39.0 Å². The minimum Gasteiger partial charge on any atom is -0.548 e. The highest BCUT2D eigenvalue weighted by atomic mass is 28.4. The van der Waals surface area contributed by atoms with E-state index in [-0.39, 0.29) is 0 Å². The zero-order valence-corrected chi connectivity index (χ0v) is 12.3. The van der Waals surface area contributed by atoms with Gasteiger partial charge in [0.2, 0.25) is 8.32 Å². The van der Waals surface area contributed by atoms with E-state index in [2.05, 4.69) is 39.2 Å². The molecule has 1 rings (SSSR count). The maximum Gasteiger partial charge on any atom is 0.241 e. The molecule has 0 aliphatic heterocycles. The fraction of sp³-hybridized carbons (Fsp3) is 0.714. The van der Waals surface area contributed by atoms with Gasteiger partial charge in [0.25, 0.3) is 0 Å². The standard InChI is InChI=1S/C14H26OSi/c1-6-13-10-8-7-9-11-14(13)12(2)15-16(3,4)5/h6,13H,1,7-11H2,2-5H3/b14-12+. The van der Waals surface area contributed by atoms with Crippen LogP contribution in [-0.2, 0) is 4.43 Å². The second kappa shape index (κ2) is 5.71. The highest BCUT2D eigenvalue weighted by Gasteiger charge is 2.21. The Morgan fingerprint density at radius 2 is 2.00 bits per heavy atom. The molecule has 0 aromatic rings. The van der Waals surface area contributed by atoms with Gasteiger partial charge in [0, 0.05) is 5.92 Å². The molecule has 0 N–H and O–H groups in total. The third kappa shape index (κ3) is 4.16. The van der Waals surface area contributed by atoms with Crippen molar-refractivity contribution in [1.82, 2.24) is 0 Å². The molecule has 0 aromatic heterocycles. The third-order valence-electron chi connectivity index (χ3n) is 3.10. The van der Waals surface area contributed by atoms with Gasteiger partial charge in [-0.05, 0) is 51.4 Å². The molecule has 1 atom stereocenters. The number of rotatable bonds is 3. The molecular weight excluding hydrogens is 212 g/mol. The van der Waals surface area contributed by atoms with Gasteiger partial charge in [0.15, 0.2) is 0 Å². The molecule has 0 saturated heterocycles. The summed E-state index contributed by atoms with van der Waals surface area (Å²) in [5.41, 5.74) is 1.51. The summed E-state index contributed by atoms with van der Waals surface area (Å²) < 4.78 is 6.14. The van der Waals surface area contributed by atoms with Gasteiger partial charge in [-0.25, -0.2) is 0 Å². The summed E-state index contributed by atoms with van der Waals surface area (Å²) in [6.45, 7) is 12.9. The Bertz CT molecular complexity index is 273. The first-order chi connectivity index (χ1) is 7.44. The van der Waals surface area contributed by atoms with Crippen LogP contribution in [-0.4, -0.2) is 8.32 Å². The lowest BCUT2D eigenvalue weighted by atomic mass is 9.93. The summed E-state index contributed by atoms with van der Waals surface area (Å²) in [6.07, 6.45) is 8.57. The topological polar surface area (TPSA) is 9.23 Å². The van der Waals surface area contributed by atoms with Crippen molar-refractivity contribution in [3.05, 3.63) is 24.0 Å². The van der Waals surface area contributed by atoms with E-state index in [4.69, 9.17) is 4.43 Å². The van der Waals surface area contributed by atoms with E-state index in [1.54, 1.807) is 0 Å². The van der Waals surface area contributed by atoms with Crippen LogP contribution in [0.4, 0.5) is 0 Å². The molecule has 92 valence electrons. The van der Waals surface area contributed by atoms with E-state index in [9.17, 15) is 0 Å². The van der Waals surface area contributed by atoms with Crippen LogP contribution in [0.15, 0.2) is 24.0 Å². The van der Waals surface area contributed by atoms with Crippen LogP contribution < -0.4 is 0 Å². The Hall–Kier alpha value is -0.503. The van der Waals surface area contributed by atoms with Crippen molar-refractivity contribution in [3.63, 3.8) is 0 Å². The van der Waals surface area contributed by atoms with E-state index in [0.717, 1.165) is 0 Å². The molecule has 0 bridgehead atoms. The highest BCUT2D eigenvalue weighted by molar-refractivity contribution is 6.70. The largest absolute Gasteiger partial charge is 0.548 e. The Labute approximate surface area is 102 Å². The second-order valence-corrected chi connectivity index (χ2v) is 10.2. The fourth-order valence-corrected chi connectivity index (χ4v) is 3.49. The molecule has 0 aromatic carbocycles. The first-order valence-electron chi connectivity index (χ1n) is 6.45. The second-order valence-electron chi connectivity index (χ2n) is 5.74. The van der Waals surface area contributed by atoms with E-state index >= 15 is 0 Å². The van der Waals surface area contributed by atoms with Gasteiger partial charge in [0.05, 0.1) is 5.76 Å². The SMILES string of the molecule is C=CC1CCCCC/C1=C(/C)O[Si](C)(C)C. The van der Waals surface area contributed by atoms with Crippen LogP contribution in [0.25, 0.3) is 0 Å². The molecule has 16 heavy (non-hydrogen) atoms. The van der Waals surface area contributed by atoms with Gasteiger partial charge in [-0.15, -0.1) is 6.58 Å². The molecule has 1 fully saturated rings. The predicted molar refractivity (Wildman–Crippen MR) is 73.9 cm³/mol. The predicted octanol–water partition coefficient (Wildman–Crippen LogP) is 4.88.